The molecule has 0 saturated carbocycles. The zero-order valence-corrected chi connectivity index (χ0v) is 49.2. The second-order valence-corrected chi connectivity index (χ2v) is 15.5. The van der Waals surface area contributed by atoms with Gasteiger partial charge in [0.15, 0.2) is 0 Å². The van der Waals surface area contributed by atoms with Gasteiger partial charge < -0.3 is 0 Å². The van der Waals surface area contributed by atoms with Crippen LogP contribution in [0.3, 0.4) is 0 Å². The van der Waals surface area contributed by atoms with E-state index in [4.69, 9.17) is 0 Å². The molecule has 0 aliphatic heterocycles. The predicted molar refractivity (Wildman–Crippen MR) is 338 cm³/mol. The molecule has 0 heterocycles. The van der Waals surface area contributed by atoms with Crippen molar-refractivity contribution in [3.05, 3.63) is 203 Å². The first-order chi connectivity index (χ1) is 35.3. The highest BCUT2D eigenvalue weighted by Gasteiger charge is 2.12. The van der Waals surface area contributed by atoms with Crippen LogP contribution in [0.1, 0.15) is 144 Å². The van der Waals surface area contributed by atoms with Gasteiger partial charge in [0.2, 0.25) is 0 Å². The van der Waals surface area contributed by atoms with Crippen molar-refractivity contribution in [3.8, 4) is 11.1 Å². The monoisotopic (exact) mass is 959 g/mol. The Morgan fingerprint density at radius 2 is 0.444 bits per heavy atom. The summed E-state index contributed by atoms with van der Waals surface area (Å²) in [5.74, 6) is 0. The first-order valence-corrected chi connectivity index (χ1v) is 27.8. The first-order valence-electron chi connectivity index (χ1n) is 27.8. The van der Waals surface area contributed by atoms with E-state index in [1.54, 1.807) is 0 Å². The summed E-state index contributed by atoms with van der Waals surface area (Å²) in [6, 6.07) is 61.4. The average molecular weight is 960 g/mol. The van der Waals surface area contributed by atoms with Crippen molar-refractivity contribution in [1.29, 1.82) is 0 Å². The minimum atomic E-state index is 1.32. The van der Waals surface area contributed by atoms with E-state index < -0.39 is 0 Å². The molecule has 0 aliphatic rings. The van der Waals surface area contributed by atoms with Gasteiger partial charge >= 0.3 is 0 Å². The third-order valence-electron chi connectivity index (χ3n) is 12.2. The Morgan fingerprint density at radius 1 is 0.208 bits per heavy atom. The van der Waals surface area contributed by atoms with Crippen LogP contribution in [0.15, 0.2) is 170 Å². The fourth-order valence-electron chi connectivity index (χ4n) is 9.27. The zero-order valence-electron chi connectivity index (χ0n) is 49.2. The van der Waals surface area contributed by atoms with E-state index in [0.717, 1.165) is 0 Å². The van der Waals surface area contributed by atoms with Gasteiger partial charge in [0.25, 0.3) is 0 Å². The molecule has 382 valence electrons. The molecule has 0 heteroatoms. The lowest BCUT2D eigenvalue weighted by molar-refractivity contribution is 1.38. The van der Waals surface area contributed by atoms with E-state index in [1.165, 1.54) is 120 Å². The molecule has 0 aromatic heterocycles. The molecule has 0 fully saturated rings. The summed E-state index contributed by atoms with van der Waals surface area (Å²) in [6.07, 6.45) is 0. The zero-order chi connectivity index (χ0) is 54.5. The van der Waals surface area contributed by atoms with Crippen molar-refractivity contribution in [1.82, 2.24) is 0 Å². The summed E-state index contributed by atoms with van der Waals surface area (Å²) in [6.45, 7) is 45.3. The summed E-state index contributed by atoms with van der Waals surface area (Å²) in [7, 11) is 0. The average Bonchev–Trinajstić information content (AvgIpc) is 3.48. The lowest BCUT2D eigenvalue weighted by atomic mass is 9.89. The van der Waals surface area contributed by atoms with Gasteiger partial charge in [0, 0.05) is 0 Å². The topological polar surface area (TPSA) is 0 Å². The van der Waals surface area contributed by atoms with Gasteiger partial charge in [-0.25, -0.2) is 0 Å². The van der Waals surface area contributed by atoms with E-state index in [-0.39, 0.29) is 0 Å². The molecule has 11 aromatic carbocycles. The van der Waals surface area contributed by atoms with Crippen molar-refractivity contribution >= 4 is 75.4 Å². The number of rotatable bonds is 1. The fraction of sp³-hybridized carbons (Fsp3) is 0.306. The van der Waals surface area contributed by atoms with Crippen LogP contribution < -0.4 is 0 Å². The first kappa shape index (κ1) is 63.5. The maximum Gasteiger partial charge on any atom is -0.00268 e. The van der Waals surface area contributed by atoms with Crippen molar-refractivity contribution in [3.63, 3.8) is 0 Å². The standard InChI is InChI=1S/C24H22.C16H10.C16H14.8C2H6/c1-15-8-7-9-16(2)24(15)19-12-13-22-17(3)20-10-5-6-11-21(20)18(4)23(22)14-19;1-3-11-7-9-13-5-2-6-14-10-8-12(4-1)15(11)16(13)14;1-11-13-7-3-5-9-15(13)12(2)16-10-6-4-8-14(11)16;8*1-2/h5-14H,1-4H3;1-10H;3-10H,1-2H3;8*1-2H3. The van der Waals surface area contributed by atoms with Crippen LogP contribution in [-0.2, 0) is 0 Å². The number of hydrogen-bond donors (Lipinski definition) is 0. The van der Waals surface area contributed by atoms with Gasteiger partial charge in [-0.2, -0.15) is 0 Å². The van der Waals surface area contributed by atoms with Crippen molar-refractivity contribution in [2.75, 3.05) is 0 Å². The Bertz CT molecular complexity index is 2980. The Hall–Kier alpha value is -6.50. The van der Waals surface area contributed by atoms with Crippen LogP contribution in [0.4, 0.5) is 0 Å². The van der Waals surface area contributed by atoms with Crippen molar-refractivity contribution in [2.45, 2.75) is 152 Å². The van der Waals surface area contributed by atoms with E-state index in [0.29, 0.717) is 0 Å². The predicted octanol–water partition coefficient (Wildman–Crippen LogP) is 24.3. The molecular weight excluding hydrogens is 865 g/mol. The second-order valence-electron chi connectivity index (χ2n) is 15.5. The van der Waals surface area contributed by atoms with Crippen LogP contribution in [0.2, 0.25) is 0 Å². The summed E-state index contributed by atoms with van der Waals surface area (Å²) < 4.78 is 0. The lowest BCUT2D eigenvalue weighted by Gasteiger charge is -2.15. The minimum Gasteiger partial charge on any atom is -0.0683 e. The molecule has 11 aromatic rings. The number of hydrogen-bond acceptors (Lipinski definition) is 0. The van der Waals surface area contributed by atoms with E-state index >= 15 is 0 Å². The molecule has 0 spiro atoms. The summed E-state index contributed by atoms with van der Waals surface area (Å²) >= 11 is 0. The van der Waals surface area contributed by atoms with E-state index in [1.807, 2.05) is 111 Å². The summed E-state index contributed by atoms with van der Waals surface area (Å²) in [4.78, 5) is 0. The molecule has 0 saturated heterocycles. The van der Waals surface area contributed by atoms with Crippen molar-refractivity contribution in [2.24, 2.45) is 0 Å². The maximum absolute atomic E-state index is 2.37. The van der Waals surface area contributed by atoms with Crippen LogP contribution in [0, 0.1) is 41.5 Å². The number of benzene rings is 11. The second kappa shape index (κ2) is 34.0. The van der Waals surface area contributed by atoms with Crippen LogP contribution in [0.25, 0.3) is 86.5 Å². The van der Waals surface area contributed by atoms with E-state index in [2.05, 4.69) is 211 Å². The fourth-order valence-corrected chi connectivity index (χ4v) is 9.27. The van der Waals surface area contributed by atoms with Gasteiger partial charge in [0.05, 0.1) is 0 Å². The van der Waals surface area contributed by atoms with Crippen LogP contribution >= 0.6 is 0 Å². The number of fused-ring (bicyclic) bond motifs is 4. The Kier molecular flexibility index (Phi) is 30.0. The highest BCUT2D eigenvalue weighted by Crippen LogP contribution is 2.37. The smallest absolute Gasteiger partial charge is 0.00268 e. The molecule has 0 radical (unpaired) electrons. The quantitative estimate of drug-likeness (QED) is 0.114. The molecular formula is C72H94. The Balaban J connectivity index is 0.000000481. The third-order valence-corrected chi connectivity index (χ3v) is 12.2. The summed E-state index contributed by atoms with van der Waals surface area (Å²) in [5, 5.41) is 19.1. The third kappa shape index (κ3) is 14.3. The van der Waals surface area contributed by atoms with Crippen LogP contribution in [-0.4, -0.2) is 0 Å². The Morgan fingerprint density at radius 3 is 0.722 bits per heavy atom. The highest BCUT2D eigenvalue weighted by molar-refractivity contribution is 6.22. The molecule has 11 rings (SSSR count). The molecule has 0 aliphatic carbocycles. The molecule has 0 unspecified atom stereocenters. The van der Waals surface area contributed by atoms with Gasteiger partial charge in [0.1, 0.15) is 0 Å². The SMILES string of the molecule is CC.CC.CC.CC.CC.CC.CC.CC.Cc1c2ccccc2c(C)c2ccccc12.Cc1cccc(C)c1-c1ccc2c(C)c3ccccc3c(C)c2c1.c1cc2ccc3cccc4ccc(c1)c2c34. The highest BCUT2D eigenvalue weighted by atomic mass is 14.2. The minimum absolute atomic E-state index is 1.32. The van der Waals surface area contributed by atoms with Gasteiger partial charge in [-0.15, -0.1) is 0 Å². The molecule has 72 heavy (non-hydrogen) atoms. The lowest BCUT2D eigenvalue weighted by Crippen LogP contribution is -1.91. The molecule has 0 N–H and O–H groups in total. The Labute approximate surface area is 439 Å². The van der Waals surface area contributed by atoms with Crippen LogP contribution in [0.5, 0.6) is 0 Å². The van der Waals surface area contributed by atoms with Crippen molar-refractivity contribution < 1.29 is 0 Å². The van der Waals surface area contributed by atoms with Gasteiger partial charge in [-0.3, -0.25) is 0 Å². The maximum atomic E-state index is 2.37. The largest absolute Gasteiger partial charge is 0.0683 e. The molecule has 0 atom stereocenters. The van der Waals surface area contributed by atoms with E-state index in [9.17, 15) is 0 Å². The normalized spacial score (nSPS) is 9.53. The van der Waals surface area contributed by atoms with Gasteiger partial charge in [-0.05, 0) is 168 Å². The summed E-state index contributed by atoms with van der Waals surface area (Å²) in [5.41, 5.74) is 10.9. The molecule has 0 nitrogen and oxygen atoms in total. The molecule has 0 bridgehead atoms. The number of aryl methyl sites for hydroxylation is 6. The van der Waals surface area contributed by atoms with Gasteiger partial charge in [-0.1, -0.05) is 275 Å². The molecule has 0 amide bonds.